The normalized spacial score (nSPS) is 21.4. The van der Waals surface area contributed by atoms with Gasteiger partial charge in [0, 0.05) is 45.5 Å². The monoisotopic (exact) mass is 540 g/mol. The maximum Gasteiger partial charge on any atom is 0.245 e. The van der Waals surface area contributed by atoms with Crippen molar-refractivity contribution in [1.29, 1.82) is 0 Å². The van der Waals surface area contributed by atoms with Gasteiger partial charge in [0.15, 0.2) is 23.0 Å². The fourth-order valence-corrected chi connectivity index (χ4v) is 6.82. The Kier molecular flexibility index (Phi) is 6.80. The number of ether oxygens (including phenoxy) is 6. The second kappa shape index (κ2) is 9.84. The average molecular weight is 541 g/mol. The highest BCUT2D eigenvalue weighted by molar-refractivity contribution is 5.91. The number of hydrogen-bond acceptors (Lipinski definition) is 9. The molecule has 0 unspecified atom stereocenters. The van der Waals surface area contributed by atoms with Crippen LogP contribution < -0.4 is 28.4 Å². The molecule has 0 spiro atoms. The van der Waals surface area contributed by atoms with Crippen molar-refractivity contribution >= 4 is 12.0 Å². The van der Waals surface area contributed by atoms with Crippen LogP contribution >= 0.6 is 0 Å². The van der Waals surface area contributed by atoms with E-state index < -0.39 is 18.1 Å². The number of likely N-dealkylation sites (N-methyl/N-ethyl adjacent to an activating group) is 1. The second-order valence-corrected chi connectivity index (χ2v) is 9.93. The van der Waals surface area contributed by atoms with Crippen LogP contribution in [0.1, 0.15) is 45.5 Å². The van der Waals surface area contributed by atoms with Gasteiger partial charge in [0.05, 0.1) is 67.4 Å². The Bertz CT molecular complexity index is 1380. The Labute approximate surface area is 228 Å². The molecule has 3 aliphatic rings. The Morgan fingerprint density at radius 3 is 1.82 bits per heavy atom. The van der Waals surface area contributed by atoms with Crippen LogP contribution in [-0.4, -0.2) is 83.2 Å². The van der Waals surface area contributed by atoms with E-state index in [4.69, 9.17) is 28.4 Å². The van der Waals surface area contributed by atoms with E-state index in [9.17, 15) is 9.90 Å². The molecule has 3 aliphatic heterocycles. The van der Waals surface area contributed by atoms with Gasteiger partial charge in [-0.2, -0.15) is 0 Å². The third kappa shape index (κ3) is 3.44. The molecule has 1 fully saturated rings. The summed E-state index contributed by atoms with van der Waals surface area (Å²) in [6.45, 7) is 3.49. The summed E-state index contributed by atoms with van der Waals surface area (Å²) in [5.74, 6) is 3.30. The number of piperazine rings is 1. The van der Waals surface area contributed by atoms with Crippen LogP contribution in [-0.2, 0) is 11.2 Å². The molecule has 2 aromatic rings. The molecule has 0 aromatic heterocycles. The van der Waals surface area contributed by atoms with Gasteiger partial charge in [-0.25, -0.2) is 0 Å². The quantitative estimate of drug-likeness (QED) is 0.568. The van der Waals surface area contributed by atoms with Crippen molar-refractivity contribution in [2.24, 2.45) is 0 Å². The molecule has 210 valence electrons. The summed E-state index contributed by atoms with van der Waals surface area (Å²) >= 11 is 0. The molecule has 1 N–H and O–H groups in total. The first-order valence-corrected chi connectivity index (χ1v) is 12.8. The Hall–Kier alpha value is -3.63. The molecule has 10 nitrogen and oxygen atoms in total. The molecule has 0 radical (unpaired) electrons. The molecule has 3 atom stereocenters. The van der Waals surface area contributed by atoms with Crippen molar-refractivity contribution in [2.45, 2.75) is 38.4 Å². The van der Waals surface area contributed by atoms with E-state index in [-0.39, 0.29) is 12.5 Å². The standard InChI is InChI=1S/C29H36N2O8/c1-13-23(34-4)15-10-17-22-21-16(24(35-5)14(2)26(37-7)28(21)39-9)11-18(30(22)3)29(33)31(17)19(12-32)20(15)27(38-8)25(13)36-6/h10,18-19,22,32H,11-12H2,1-9H3/t18-,19+,22-/m0/s1. The summed E-state index contributed by atoms with van der Waals surface area (Å²) in [6.07, 6.45) is 2.37. The molecule has 0 aliphatic carbocycles. The predicted octanol–water partition coefficient (Wildman–Crippen LogP) is 3.18. The van der Waals surface area contributed by atoms with E-state index in [1.165, 1.54) is 0 Å². The lowest BCUT2D eigenvalue weighted by Gasteiger charge is -2.53. The predicted molar refractivity (Wildman–Crippen MR) is 144 cm³/mol. The lowest BCUT2D eigenvalue weighted by atomic mass is 9.77. The first kappa shape index (κ1) is 27.0. The van der Waals surface area contributed by atoms with Gasteiger partial charge in [0.1, 0.15) is 11.5 Å². The lowest BCUT2D eigenvalue weighted by Crippen LogP contribution is -2.60. The van der Waals surface area contributed by atoms with Gasteiger partial charge in [0.25, 0.3) is 0 Å². The van der Waals surface area contributed by atoms with Crippen LogP contribution in [0.4, 0.5) is 0 Å². The number of carbonyl (C=O) groups excluding carboxylic acids is 1. The molecule has 2 aromatic carbocycles. The van der Waals surface area contributed by atoms with Gasteiger partial charge in [0.2, 0.25) is 5.91 Å². The highest BCUT2D eigenvalue weighted by Crippen LogP contribution is 2.59. The number of rotatable bonds is 7. The molecule has 5 rings (SSSR count). The minimum atomic E-state index is -0.716. The minimum absolute atomic E-state index is 0.120. The van der Waals surface area contributed by atoms with Crippen molar-refractivity contribution in [3.63, 3.8) is 0 Å². The number of amides is 1. The molecule has 39 heavy (non-hydrogen) atoms. The molecule has 3 heterocycles. The van der Waals surface area contributed by atoms with Gasteiger partial charge < -0.3 is 38.4 Å². The zero-order chi connectivity index (χ0) is 28.3. The van der Waals surface area contributed by atoms with E-state index in [2.05, 4.69) is 4.90 Å². The van der Waals surface area contributed by atoms with Crippen LogP contribution in [0, 0.1) is 13.8 Å². The molecular weight excluding hydrogens is 504 g/mol. The summed E-state index contributed by atoms with van der Waals surface area (Å²) in [7, 11) is 11.5. The van der Waals surface area contributed by atoms with E-state index in [1.54, 1.807) is 47.6 Å². The molecule has 10 heteroatoms. The molecule has 2 bridgehead atoms. The van der Waals surface area contributed by atoms with Crippen molar-refractivity contribution in [3.05, 3.63) is 39.1 Å². The fraction of sp³-hybridized carbons (Fsp3) is 0.483. The number of methoxy groups -OCH3 is 6. The van der Waals surface area contributed by atoms with Gasteiger partial charge >= 0.3 is 0 Å². The van der Waals surface area contributed by atoms with E-state index in [1.807, 2.05) is 27.0 Å². The van der Waals surface area contributed by atoms with Crippen molar-refractivity contribution in [3.8, 4) is 34.5 Å². The van der Waals surface area contributed by atoms with Gasteiger partial charge in [-0.3, -0.25) is 9.69 Å². The zero-order valence-corrected chi connectivity index (χ0v) is 23.9. The van der Waals surface area contributed by atoms with Crippen molar-refractivity contribution < 1.29 is 38.3 Å². The number of nitrogens with zero attached hydrogens (tertiary/aromatic N) is 2. The number of hydrogen-bond donors (Lipinski definition) is 1. The first-order valence-electron chi connectivity index (χ1n) is 12.8. The van der Waals surface area contributed by atoms with Gasteiger partial charge in [-0.05, 0) is 27.0 Å². The third-order valence-corrected chi connectivity index (χ3v) is 8.38. The van der Waals surface area contributed by atoms with E-state index in [0.717, 1.165) is 27.8 Å². The maximum absolute atomic E-state index is 14.2. The van der Waals surface area contributed by atoms with Crippen LogP contribution in [0.3, 0.4) is 0 Å². The molecule has 1 saturated heterocycles. The molecule has 0 saturated carbocycles. The Balaban J connectivity index is 1.90. The second-order valence-electron chi connectivity index (χ2n) is 9.93. The molecule has 1 amide bonds. The van der Waals surface area contributed by atoms with Crippen molar-refractivity contribution in [2.75, 3.05) is 56.3 Å². The third-order valence-electron chi connectivity index (χ3n) is 8.38. The van der Waals surface area contributed by atoms with Crippen LogP contribution in [0.2, 0.25) is 0 Å². The SMILES string of the molecule is COc1c(C)c(OC)c(OC)c2c1C=C1[C@H]3c4c(c(OC)c(C)c(OC)c4OC)C[C@@H](C(=O)N1[C@@H]2CO)N3C. The average Bonchev–Trinajstić information content (AvgIpc) is 2.93. The highest BCUT2D eigenvalue weighted by Gasteiger charge is 2.53. The van der Waals surface area contributed by atoms with Gasteiger partial charge in [-0.15, -0.1) is 0 Å². The Morgan fingerprint density at radius 2 is 1.31 bits per heavy atom. The summed E-state index contributed by atoms with van der Waals surface area (Å²) in [4.78, 5) is 18.0. The highest BCUT2D eigenvalue weighted by atomic mass is 16.5. The first-order chi connectivity index (χ1) is 18.7. The van der Waals surface area contributed by atoms with E-state index in [0.29, 0.717) is 52.2 Å². The Morgan fingerprint density at radius 1 is 0.795 bits per heavy atom. The number of aliphatic hydroxyl groups excluding tert-OH is 1. The van der Waals surface area contributed by atoms with E-state index >= 15 is 0 Å². The van der Waals surface area contributed by atoms with Crippen LogP contribution in [0.5, 0.6) is 34.5 Å². The van der Waals surface area contributed by atoms with Gasteiger partial charge in [-0.1, -0.05) is 0 Å². The number of aliphatic hydroxyl groups is 1. The summed E-state index contributed by atoms with van der Waals surface area (Å²) in [5.41, 5.74) is 5.42. The topological polar surface area (TPSA) is 99.2 Å². The van der Waals surface area contributed by atoms with Crippen LogP contribution in [0.25, 0.3) is 6.08 Å². The number of benzene rings is 2. The summed E-state index contributed by atoms with van der Waals surface area (Å²) in [5, 5.41) is 10.8. The molecular formula is C29H36N2O8. The lowest BCUT2D eigenvalue weighted by molar-refractivity contribution is -0.144. The fourth-order valence-electron chi connectivity index (χ4n) is 6.82. The summed E-state index contributed by atoms with van der Waals surface area (Å²) in [6, 6.07) is -1.59. The van der Waals surface area contributed by atoms with Crippen molar-refractivity contribution in [1.82, 2.24) is 9.80 Å². The van der Waals surface area contributed by atoms with Crippen LogP contribution in [0.15, 0.2) is 5.70 Å². The number of carbonyl (C=O) groups is 1. The summed E-state index contributed by atoms with van der Waals surface area (Å²) < 4.78 is 35.0. The zero-order valence-electron chi connectivity index (χ0n) is 23.9. The smallest absolute Gasteiger partial charge is 0.245 e. The maximum atomic E-state index is 14.2. The largest absolute Gasteiger partial charge is 0.496 e. The minimum Gasteiger partial charge on any atom is -0.496 e. The number of fused-ring (bicyclic) bond motifs is 7.